The first-order valence-electron chi connectivity index (χ1n) is 6.79. The molecule has 96 valence electrons. The number of thioether (sulfide) groups is 1. The van der Waals surface area contributed by atoms with Crippen LogP contribution in [0.5, 0.6) is 0 Å². The molecule has 1 rings (SSSR count). The van der Waals surface area contributed by atoms with Crippen molar-refractivity contribution in [2.45, 2.75) is 39.0 Å². The Morgan fingerprint density at radius 2 is 2.06 bits per heavy atom. The van der Waals surface area contributed by atoms with Crippen LogP contribution in [0.2, 0.25) is 0 Å². The maximum absolute atomic E-state index is 5.28. The van der Waals surface area contributed by atoms with E-state index in [2.05, 4.69) is 17.1 Å². The lowest BCUT2D eigenvalue weighted by Gasteiger charge is -2.08. The third kappa shape index (κ3) is 7.53. The summed E-state index contributed by atoms with van der Waals surface area (Å²) >= 11 is 2.13. The van der Waals surface area contributed by atoms with Gasteiger partial charge in [-0.25, -0.2) is 0 Å². The molecule has 0 atom stereocenters. The van der Waals surface area contributed by atoms with Crippen molar-refractivity contribution in [3.63, 3.8) is 0 Å². The second-order valence-electron chi connectivity index (χ2n) is 4.53. The standard InChI is InChI=1S/C13H27NOS/c1-2-15-10-5-8-14-9-11-16-12-13-6-3-4-7-13/h13-14H,2-12H2,1H3. The van der Waals surface area contributed by atoms with Crippen molar-refractivity contribution in [1.29, 1.82) is 0 Å². The van der Waals surface area contributed by atoms with Crippen LogP contribution >= 0.6 is 11.8 Å². The minimum atomic E-state index is 0.844. The first kappa shape index (κ1) is 14.3. The van der Waals surface area contributed by atoms with Crippen LogP contribution in [0.25, 0.3) is 0 Å². The summed E-state index contributed by atoms with van der Waals surface area (Å²) in [6.45, 7) is 6.05. The molecular formula is C13H27NOS. The first-order chi connectivity index (χ1) is 7.93. The number of hydrogen-bond acceptors (Lipinski definition) is 3. The van der Waals surface area contributed by atoms with Crippen molar-refractivity contribution in [2.24, 2.45) is 5.92 Å². The van der Waals surface area contributed by atoms with Crippen molar-refractivity contribution in [3.05, 3.63) is 0 Å². The van der Waals surface area contributed by atoms with Gasteiger partial charge < -0.3 is 10.1 Å². The second kappa shape index (κ2) is 10.4. The molecular weight excluding hydrogens is 218 g/mol. The van der Waals surface area contributed by atoms with Gasteiger partial charge in [-0.2, -0.15) is 11.8 Å². The highest BCUT2D eigenvalue weighted by molar-refractivity contribution is 7.99. The molecule has 0 spiro atoms. The normalized spacial score (nSPS) is 17.1. The summed E-state index contributed by atoms with van der Waals surface area (Å²) in [5.41, 5.74) is 0. The van der Waals surface area contributed by atoms with Crippen molar-refractivity contribution in [3.8, 4) is 0 Å². The summed E-state index contributed by atoms with van der Waals surface area (Å²) in [6, 6.07) is 0. The molecule has 0 radical (unpaired) electrons. The quantitative estimate of drug-likeness (QED) is 0.598. The lowest BCUT2D eigenvalue weighted by molar-refractivity contribution is 0.145. The van der Waals surface area contributed by atoms with Crippen molar-refractivity contribution < 1.29 is 4.74 Å². The zero-order valence-corrected chi connectivity index (χ0v) is 11.5. The topological polar surface area (TPSA) is 21.3 Å². The Morgan fingerprint density at radius 3 is 2.81 bits per heavy atom. The van der Waals surface area contributed by atoms with Gasteiger partial charge in [0.05, 0.1) is 0 Å². The van der Waals surface area contributed by atoms with Crippen molar-refractivity contribution >= 4 is 11.8 Å². The molecule has 1 aliphatic rings. The molecule has 0 heterocycles. The predicted molar refractivity (Wildman–Crippen MR) is 73.3 cm³/mol. The number of nitrogens with one attached hydrogen (secondary N) is 1. The van der Waals surface area contributed by atoms with E-state index in [1.807, 2.05) is 6.92 Å². The zero-order chi connectivity index (χ0) is 11.5. The van der Waals surface area contributed by atoms with E-state index in [0.717, 1.165) is 38.6 Å². The Hall–Kier alpha value is 0.270. The predicted octanol–water partition coefficient (Wildman–Crippen LogP) is 2.93. The molecule has 0 aromatic carbocycles. The van der Waals surface area contributed by atoms with E-state index in [9.17, 15) is 0 Å². The van der Waals surface area contributed by atoms with Gasteiger partial charge in [-0.1, -0.05) is 12.8 Å². The van der Waals surface area contributed by atoms with E-state index < -0.39 is 0 Å². The summed E-state index contributed by atoms with van der Waals surface area (Å²) in [4.78, 5) is 0. The molecule has 1 fully saturated rings. The molecule has 0 aliphatic heterocycles. The summed E-state index contributed by atoms with van der Waals surface area (Å²) in [7, 11) is 0. The molecule has 0 amide bonds. The van der Waals surface area contributed by atoms with Gasteiger partial charge in [0.1, 0.15) is 0 Å². The van der Waals surface area contributed by atoms with Crippen LogP contribution < -0.4 is 5.32 Å². The van der Waals surface area contributed by atoms with E-state index >= 15 is 0 Å². The number of rotatable bonds is 10. The van der Waals surface area contributed by atoms with Crippen molar-refractivity contribution in [2.75, 3.05) is 37.8 Å². The molecule has 16 heavy (non-hydrogen) atoms. The van der Waals surface area contributed by atoms with E-state index in [-0.39, 0.29) is 0 Å². The van der Waals surface area contributed by atoms with E-state index in [1.165, 1.54) is 37.2 Å². The molecule has 0 aromatic rings. The summed E-state index contributed by atoms with van der Waals surface area (Å²) in [5, 5.41) is 3.47. The number of ether oxygens (including phenoxy) is 1. The molecule has 0 bridgehead atoms. The Labute approximate surface area is 105 Å². The van der Waals surface area contributed by atoms with Gasteiger partial charge in [0.15, 0.2) is 0 Å². The van der Waals surface area contributed by atoms with Gasteiger partial charge in [0.25, 0.3) is 0 Å². The molecule has 0 unspecified atom stereocenters. The molecule has 3 heteroatoms. The van der Waals surface area contributed by atoms with Crippen LogP contribution in [0.3, 0.4) is 0 Å². The van der Waals surface area contributed by atoms with Crippen LogP contribution in [0.1, 0.15) is 39.0 Å². The molecule has 1 saturated carbocycles. The fourth-order valence-electron chi connectivity index (χ4n) is 2.14. The monoisotopic (exact) mass is 245 g/mol. The maximum Gasteiger partial charge on any atom is 0.0477 e. The van der Waals surface area contributed by atoms with Crippen LogP contribution in [-0.2, 0) is 4.74 Å². The van der Waals surface area contributed by atoms with Crippen LogP contribution in [0.15, 0.2) is 0 Å². The van der Waals surface area contributed by atoms with E-state index in [0.29, 0.717) is 0 Å². The average Bonchev–Trinajstić information content (AvgIpc) is 2.80. The van der Waals surface area contributed by atoms with Crippen molar-refractivity contribution in [1.82, 2.24) is 5.32 Å². The second-order valence-corrected chi connectivity index (χ2v) is 5.68. The fourth-order valence-corrected chi connectivity index (χ4v) is 3.26. The lowest BCUT2D eigenvalue weighted by atomic mass is 10.1. The maximum atomic E-state index is 5.28. The Kier molecular flexibility index (Phi) is 9.34. The highest BCUT2D eigenvalue weighted by Gasteiger charge is 2.13. The Morgan fingerprint density at radius 1 is 1.25 bits per heavy atom. The summed E-state index contributed by atoms with van der Waals surface area (Å²) in [6.07, 6.45) is 7.05. The molecule has 2 nitrogen and oxygen atoms in total. The summed E-state index contributed by atoms with van der Waals surface area (Å²) < 4.78 is 5.28. The summed E-state index contributed by atoms with van der Waals surface area (Å²) in [5.74, 6) is 3.69. The minimum Gasteiger partial charge on any atom is -0.382 e. The number of hydrogen-bond donors (Lipinski definition) is 1. The highest BCUT2D eigenvalue weighted by Crippen LogP contribution is 2.27. The van der Waals surface area contributed by atoms with Gasteiger partial charge in [-0.05, 0) is 44.4 Å². The minimum absolute atomic E-state index is 0.844. The highest BCUT2D eigenvalue weighted by atomic mass is 32.2. The van der Waals surface area contributed by atoms with Gasteiger partial charge in [0.2, 0.25) is 0 Å². The molecule has 1 aliphatic carbocycles. The third-order valence-corrected chi connectivity index (χ3v) is 4.30. The van der Waals surface area contributed by atoms with Gasteiger partial charge in [-0.15, -0.1) is 0 Å². The fraction of sp³-hybridized carbons (Fsp3) is 1.00. The van der Waals surface area contributed by atoms with Crippen LogP contribution in [0, 0.1) is 5.92 Å². The van der Waals surface area contributed by atoms with Gasteiger partial charge in [-0.3, -0.25) is 0 Å². The van der Waals surface area contributed by atoms with Crippen LogP contribution in [-0.4, -0.2) is 37.8 Å². The largest absolute Gasteiger partial charge is 0.382 e. The smallest absolute Gasteiger partial charge is 0.0477 e. The van der Waals surface area contributed by atoms with Gasteiger partial charge >= 0.3 is 0 Å². The Bertz CT molecular complexity index is 149. The zero-order valence-electron chi connectivity index (χ0n) is 10.7. The average molecular weight is 245 g/mol. The Balaban J connectivity index is 1.71. The molecule has 0 aromatic heterocycles. The molecule has 1 N–H and O–H groups in total. The molecule has 0 saturated heterocycles. The third-order valence-electron chi connectivity index (χ3n) is 3.10. The SMILES string of the molecule is CCOCCCNCCSCC1CCCC1. The van der Waals surface area contributed by atoms with Gasteiger partial charge in [0, 0.05) is 25.5 Å². The van der Waals surface area contributed by atoms with E-state index in [1.54, 1.807) is 0 Å². The van der Waals surface area contributed by atoms with E-state index in [4.69, 9.17) is 4.74 Å². The van der Waals surface area contributed by atoms with Crippen LogP contribution in [0.4, 0.5) is 0 Å². The lowest BCUT2D eigenvalue weighted by Crippen LogP contribution is -2.20. The first-order valence-corrected chi connectivity index (χ1v) is 7.95.